The largest absolute Gasteiger partial charge is 0.468 e. The quantitative estimate of drug-likeness (QED) is 0.376. The lowest BCUT2D eigenvalue weighted by Crippen LogP contribution is -2.43. The standard InChI is InChI=1S/C24H28FNO5S/c1-5-32-11-10-31-24(29)19-14(3)26-17-12-13(2)18(23(28)30-4)22(27)21(17)20(19)15-8-6-7-9-16(15)25/h6-9,13,18,20,26H,5,10-12H2,1-4H3/t13-,18+,20+/m1/s1. The van der Waals surface area contributed by atoms with E-state index in [9.17, 15) is 18.8 Å². The SMILES string of the molecule is CCSCCOC(=O)C1=C(C)NC2=C(C(=O)[C@@H](C(=O)OC)[C@H](C)C2)[C@H]1c1ccccc1F. The van der Waals surface area contributed by atoms with Crippen molar-refractivity contribution in [2.75, 3.05) is 25.2 Å². The molecule has 0 aromatic heterocycles. The van der Waals surface area contributed by atoms with Crippen LogP contribution < -0.4 is 5.32 Å². The molecule has 1 aliphatic carbocycles. The smallest absolute Gasteiger partial charge is 0.336 e. The van der Waals surface area contributed by atoms with Crippen LogP contribution in [0.2, 0.25) is 0 Å². The Morgan fingerprint density at radius 1 is 1.28 bits per heavy atom. The van der Waals surface area contributed by atoms with Crippen LogP contribution in [-0.4, -0.2) is 42.9 Å². The van der Waals surface area contributed by atoms with E-state index >= 15 is 0 Å². The lowest BCUT2D eigenvalue weighted by Gasteiger charge is -2.38. The number of hydrogen-bond donors (Lipinski definition) is 1. The molecule has 0 saturated heterocycles. The Balaban J connectivity index is 2.09. The number of dihydropyridines is 1. The Hall–Kier alpha value is -2.61. The Labute approximate surface area is 191 Å². The molecule has 0 radical (unpaired) electrons. The van der Waals surface area contributed by atoms with Gasteiger partial charge in [-0.15, -0.1) is 0 Å². The van der Waals surface area contributed by atoms with E-state index in [1.165, 1.54) is 13.2 Å². The zero-order valence-corrected chi connectivity index (χ0v) is 19.5. The van der Waals surface area contributed by atoms with Crippen molar-refractivity contribution in [1.82, 2.24) is 5.32 Å². The molecule has 0 fully saturated rings. The molecular weight excluding hydrogens is 433 g/mol. The van der Waals surface area contributed by atoms with Crippen molar-refractivity contribution in [1.29, 1.82) is 0 Å². The Morgan fingerprint density at radius 3 is 2.66 bits per heavy atom. The molecule has 8 heteroatoms. The van der Waals surface area contributed by atoms with E-state index in [0.29, 0.717) is 23.6 Å². The molecule has 172 valence electrons. The molecule has 0 amide bonds. The highest BCUT2D eigenvalue weighted by atomic mass is 32.2. The van der Waals surface area contributed by atoms with Crippen molar-refractivity contribution in [2.24, 2.45) is 11.8 Å². The number of rotatable bonds is 7. The summed E-state index contributed by atoms with van der Waals surface area (Å²) in [5, 5.41) is 3.17. The highest BCUT2D eigenvalue weighted by Gasteiger charge is 2.47. The molecular formula is C24H28FNO5S. The number of nitrogens with one attached hydrogen (secondary N) is 1. The van der Waals surface area contributed by atoms with Crippen molar-refractivity contribution in [2.45, 2.75) is 33.1 Å². The van der Waals surface area contributed by atoms with Crippen molar-refractivity contribution in [3.8, 4) is 0 Å². The summed E-state index contributed by atoms with van der Waals surface area (Å²) in [6, 6.07) is 6.06. The van der Waals surface area contributed by atoms with E-state index in [4.69, 9.17) is 9.47 Å². The predicted octanol–water partition coefficient (Wildman–Crippen LogP) is 3.74. The number of esters is 2. The fourth-order valence-corrected chi connectivity index (χ4v) is 4.88. The number of ketones is 1. The zero-order valence-electron chi connectivity index (χ0n) is 18.7. The first-order chi connectivity index (χ1) is 15.3. The number of allylic oxidation sites excluding steroid dienone is 3. The van der Waals surface area contributed by atoms with Gasteiger partial charge in [0.05, 0.1) is 18.6 Å². The number of ether oxygens (including phenoxy) is 2. The number of halogens is 1. The minimum absolute atomic E-state index is 0.182. The van der Waals surface area contributed by atoms with Crippen LogP contribution in [0.4, 0.5) is 4.39 Å². The number of thioether (sulfide) groups is 1. The first kappa shape index (κ1) is 24.0. The molecule has 3 atom stereocenters. The molecule has 3 rings (SSSR count). The zero-order chi connectivity index (χ0) is 23.4. The number of carbonyl (C=O) groups excluding carboxylic acids is 3. The third-order valence-electron chi connectivity index (χ3n) is 5.84. The van der Waals surface area contributed by atoms with Gasteiger partial charge in [-0.2, -0.15) is 11.8 Å². The monoisotopic (exact) mass is 461 g/mol. The molecule has 1 aromatic rings. The summed E-state index contributed by atoms with van der Waals surface area (Å²) in [5.74, 6) is -2.96. The number of Topliss-reactive ketones (excluding diaryl/α,β-unsaturated/α-hetero) is 1. The lowest BCUT2D eigenvalue weighted by molar-refractivity contribution is -0.151. The summed E-state index contributed by atoms with van der Waals surface area (Å²) in [4.78, 5) is 39.0. The highest BCUT2D eigenvalue weighted by molar-refractivity contribution is 7.99. The van der Waals surface area contributed by atoms with Crippen LogP contribution in [-0.2, 0) is 23.9 Å². The van der Waals surface area contributed by atoms with E-state index in [-0.39, 0.29) is 29.2 Å². The van der Waals surface area contributed by atoms with Gasteiger partial charge in [0.1, 0.15) is 18.3 Å². The third-order valence-corrected chi connectivity index (χ3v) is 6.71. The number of methoxy groups -OCH3 is 1. The summed E-state index contributed by atoms with van der Waals surface area (Å²) < 4.78 is 25.3. The van der Waals surface area contributed by atoms with Gasteiger partial charge in [0.2, 0.25) is 0 Å². The van der Waals surface area contributed by atoms with Crippen LogP contribution in [0.1, 0.15) is 38.7 Å². The summed E-state index contributed by atoms with van der Waals surface area (Å²) >= 11 is 1.64. The van der Waals surface area contributed by atoms with Gasteiger partial charge >= 0.3 is 11.9 Å². The van der Waals surface area contributed by atoms with Crippen molar-refractivity contribution in [3.05, 3.63) is 58.2 Å². The van der Waals surface area contributed by atoms with Gasteiger partial charge in [-0.1, -0.05) is 32.0 Å². The molecule has 1 aliphatic heterocycles. The molecule has 0 unspecified atom stereocenters. The fraction of sp³-hybridized carbons (Fsp3) is 0.458. The summed E-state index contributed by atoms with van der Waals surface area (Å²) in [6.45, 7) is 5.74. The number of benzene rings is 1. The van der Waals surface area contributed by atoms with Crippen LogP contribution >= 0.6 is 11.8 Å². The van der Waals surface area contributed by atoms with Gasteiger partial charge in [-0.05, 0) is 31.1 Å². The molecule has 0 bridgehead atoms. The maximum Gasteiger partial charge on any atom is 0.336 e. The van der Waals surface area contributed by atoms with E-state index < -0.39 is 35.4 Å². The third kappa shape index (κ3) is 4.60. The van der Waals surface area contributed by atoms with Crippen LogP contribution in [0.3, 0.4) is 0 Å². The number of carbonyl (C=O) groups is 3. The minimum Gasteiger partial charge on any atom is -0.468 e. The second kappa shape index (κ2) is 10.3. The van der Waals surface area contributed by atoms with Crippen molar-refractivity contribution < 1.29 is 28.2 Å². The van der Waals surface area contributed by atoms with Gasteiger partial charge < -0.3 is 14.8 Å². The summed E-state index contributed by atoms with van der Waals surface area (Å²) in [6.07, 6.45) is 0.401. The van der Waals surface area contributed by atoms with Crippen LogP contribution in [0.25, 0.3) is 0 Å². The molecule has 32 heavy (non-hydrogen) atoms. The molecule has 1 N–H and O–H groups in total. The van der Waals surface area contributed by atoms with Gasteiger partial charge in [0.15, 0.2) is 5.78 Å². The van der Waals surface area contributed by atoms with E-state index in [0.717, 1.165) is 5.75 Å². The van der Waals surface area contributed by atoms with Crippen LogP contribution in [0.5, 0.6) is 0 Å². The maximum absolute atomic E-state index is 15.0. The second-order valence-electron chi connectivity index (χ2n) is 7.89. The maximum atomic E-state index is 15.0. The minimum atomic E-state index is -1.01. The van der Waals surface area contributed by atoms with Crippen LogP contribution in [0.15, 0.2) is 46.8 Å². The van der Waals surface area contributed by atoms with Gasteiger partial charge in [-0.25, -0.2) is 9.18 Å². The normalized spacial score (nSPS) is 22.9. The Morgan fingerprint density at radius 2 is 2.00 bits per heavy atom. The predicted molar refractivity (Wildman–Crippen MR) is 120 cm³/mol. The fourth-order valence-electron chi connectivity index (χ4n) is 4.39. The summed E-state index contributed by atoms with van der Waals surface area (Å²) in [7, 11) is 1.24. The van der Waals surface area contributed by atoms with Gasteiger partial charge in [-0.3, -0.25) is 9.59 Å². The molecule has 1 heterocycles. The second-order valence-corrected chi connectivity index (χ2v) is 9.28. The molecule has 6 nitrogen and oxygen atoms in total. The Bertz CT molecular complexity index is 986. The van der Waals surface area contributed by atoms with Crippen LogP contribution in [0, 0.1) is 17.7 Å². The number of hydrogen-bond acceptors (Lipinski definition) is 7. The Kier molecular flexibility index (Phi) is 7.77. The highest BCUT2D eigenvalue weighted by Crippen LogP contribution is 2.46. The van der Waals surface area contributed by atoms with Crippen molar-refractivity contribution in [3.63, 3.8) is 0 Å². The first-order valence-electron chi connectivity index (χ1n) is 10.6. The molecule has 0 spiro atoms. The van der Waals surface area contributed by atoms with E-state index in [1.54, 1.807) is 43.8 Å². The topological polar surface area (TPSA) is 81.7 Å². The molecule has 0 saturated carbocycles. The van der Waals surface area contributed by atoms with Gasteiger partial charge in [0, 0.05) is 28.3 Å². The van der Waals surface area contributed by atoms with E-state index in [1.807, 2.05) is 6.92 Å². The molecule has 1 aromatic carbocycles. The molecule has 2 aliphatic rings. The lowest BCUT2D eigenvalue weighted by atomic mass is 9.69. The first-order valence-corrected chi connectivity index (χ1v) is 11.8. The summed E-state index contributed by atoms with van der Waals surface area (Å²) in [5.41, 5.74) is 1.72. The van der Waals surface area contributed by atoms with E-state index in [2.05, 4.69) is 5.32 Å². The van der Waals surface area contributed by atoms with Gasteiger partial charge in [0.25, 0.3) is 0 Å². The average Bonchev–Trinajstić information content (AvgIpc) is 2.75. The average molecular weight is 462 g/mol. The van der Waals surface area contributed by atoms with Crippen molar-refractivity contribution >= 4 is 29.5 Å².